The molecule has 0 saturated carbocycles. The fraction of sp³-hybridized carbons (Fsp3) is 0.560. The van der Waals surface area contributed by atoms with Gasteiger partial charge in [-0.1, -0.05) is 31.5 Å². The number of hydrogen-bond acceptors (Lipinski definition) is 3. The summed E-state index contributed by atoms with van der Waals surface area (Å²) in [5.41, 5.74) is 9.12. The summed E-state index contributed by atoms with van der Waals surface area (Å²) in [6, 6.07) is 6.92. The molecule has 1 N–H and O–H groups in total. The number of benzene rings is 1. The van der Waals surface area contributed by atoms with Crippen LogP contribution in [0.5, 0.6) is 0 Å². The standard InChI is InChI=1S/C25H33N3O/c1-2-3-10-27-11-13-28(14-12-27)17-18-8-9-20-19(15-18)16-23-21-6-4-5-7-22(21)25(29)26-24(20)23/h8-9,15H,2-7,10-14,16-17H2,1H3,(H,26,29). The summed E-state index contributed by atoms with van der Waals surface area (Å²) in [7, 11) is 0. The normalized spacial score (nSPS) is 19.1. The molecule has 5 rings (SSSR count). The Morgan fingerprint density at radius 2 is 1.72 bits per heavy atom. The Kier molecular flexibility index (Phi) is 5.31. The summed E-state index contributed by atoms with van der Waals surface area (Å²) in [6.45, 7) is 9.30. The minimum atomic E-state index is 0.149. The van der Waals surface area contributed by atoms with Gasteiger partial charge in [0, 0.05) is 50.3 Å². The van der Waals surface area contributed by atoms with Gasteiger partial charge in [0.15, 0.2) is 0 Å². The molecule has 0 atom stereocenters. The van der Waals surface area contributed by atoms with Gasteiger partial charge in [-0.15, -0.1) is 0 Å². The van der Waals surface area contributed by atoms with Crippen molar-refractivity contribution in [2.45, 2.75) is 58.4 Å². The Balaban J connectivity index is 1.31. The Morgan fingerprint density at radius 3 is 2.52 bits per heavy atom. The van der Waals surface area contributed by atoms with Crippen molar-refractivity contribution in [3.8, 4) is 11.3 Å². The van der Waals surface area contributed by atoms with Crippen molar-refractivity contribution in [2.75, 3.05) is 32.7 Å². The molecule has 0 amide bonds. The number of nitrogens with zero attached hydrogens (tertiary/aromatic N) is 2. The van der Waals surface area contributed by atoms with E-state index in [0.29, 0.717) is 0 Å². The van der Waals surface area contributed by atoms with Crippen molar-refractivity contribution in [1.29, 1.82) is 0 Å². The average Bonchev–Trinajstić information content (AvgIpc) is 3.11. The molecule has 1 fully saturated rings. The molecule has 2 aromatic rings. The summed E-state index contributed by atoms with van der Waals surface area (Å²) >= 11 is 0. The molecule has 29 heavy (non-hydrogen) atoms. The lowest BCUT2D eigenvalue weighted by atomic mass is 9.88. The van der Waals surface area contributed by atoms with E-state index < -0.39 is 0 Å². The van der Waals surface area contributed by atoms with Crippen molar-refractivity contribution in [3.05, 3.63) is 56.4 Å². The molecule has 1 aromatic carbocycles. The molecule has 3 aliphatic rings. The van der Waals surface area contributed by atoms with Crippen LogP contribution in [0.3, 0.4) is 0 Å². The zero-order chi connectivity index (χ0) is 19.8. The lowest BCUT2D eigenvalue weighted by molar-refractivity contribution is 0.126. The third-order valence-electron chi connectivity index (χ3n) is 7.15. The highest BCUT2D eigenvalue weighted by atomic mass is 16.1. The predicted molar refractivity (Wildman–Crippen MR) is 119 cm³/mol. The first-order valence-corrected chi connectivity index (χ1v) is 11.6. The van der Waals surface area contributed by atoms with Crippen molar-refractivity contribution in [2.24, 2.45) is 0 Å². The van der Waals surface area contributed by atoms with E-state index in [2.05, 4.69) is 39.9 Å². The average molecular weight is 392 g/mol. The molecule has 0 unspecified atom stereocenters. The Bertz CT molecular complexity index is 953. The number of unbranched alkanes of at least 4 members (excludes halogenated alkanes) is 1. The molecular weight excluding hydrogens is 358 g/mol. The predicted octanol–water partition coefficient (Wildman–Crippen LogP) is 3.74. The molecule has 4 nitrogen and oxygen atoms in total. The molecule has 1 aromatic heterocycles. The number of aromatic amines is 1. The number of fused-ring (bicyclic) bond motifs is 5. The van der Waals surface area contributed by atoms with Crippen LogP contribution in [0.2, 0.25) is 0 Å². The van der Waals surface area contributed by atoms with Crippen LogP contribution in [0.1, 0.15) is 60.4 Å². The second kappa shape index (κ2) is 8.08. The van der Waals surface area contributed by atoms with Gasteiger partial charge in [0.1, 0.15) is 0 Å². The Labute approximate surface area is 173 Å². The minimum absolute atomic E-state index is 0.149. The van der Waals surface area contributed by atoms with Crippen molar-refractivity contribution >= 4 is 0 Å². The van der Waals surface area contributed by atoms with E-state index in [1.165, 1.54) is 79.8 Å². The van der Waals surface area contributed by atoms with Crippen molar-refractivity contribution in [1.82, 2.24) is 14.8 Å². The van der Waals surface area contributed by atoms with Gasteiger partial charge >= 0.3 is 0 Å². The lowest BCUT2D eigenvalue weighted by Crippen LogP contribution is -2.46. The highest BCUT2D eigenvalue weighted by Crippen LogP contribution is 2.39. The highest BCUT2D eigenvalue weighted by Gasteiger charge is 2.27. The fourth-order valence-corrected chi connectivity index (χ4v) is 5.47. The van der Waals surface area contributed by atoms with Gasteiger partial charge in [0.25, 0.3) is 5.56 Å². The second-order valence-electron chi connectivity index (χ2n) is 9.11. The van der Waals surface area contributed by atoms with Crippen LogP contribution < -0.4 is 5.56 Å². The molecule has 2 aliphatic carbocycles. The number of hydrogen-bond donors (Lipinski definition) is 1. The lowest BCUT2D eigenvalue weighted by Gasteiger charge is -2.34. The van der Waals surface area contributed by atoms with Gasteiger partial charge in [0.2, 0.25) is 0 Å². The van der Waals surface area contributed by atoms with Crippen LogP contribution in [0.25, 0.3) is 11.3 Å². The van der Waals surface area contributed by atoms with Crippen LogP contribution in [0, 0.1) is 0 Å². The molecule has 4 heteroatoms. The highest BCUT2D eigenvalue weighted by molar-refractivity contribution is 5.75. The van der Waals surface area contributed by atoms with E-state index in [0.717, 1.165) is 43.5 Å². The quantitative estimate of drug-likeness (QED) is 0.720. The first-order chi connectivity index (χ1) is 14.2. The van der Waals surface area contributed by atoms with E-state index >= 15 is 0 Å². The van der Waals surface area contributed by atoms with Gasteiger partial charge in [-0.05, 0) is 60.9 Å². The Morgan fingerprint density at radius 1 is 0.966 bits per heavy atom. The molecule has 1 aliphatic heterocycles. The molecule has 0 spiro atoms. The first kappa shape index (κ1) is 19.1. The van der Waals surface area contributed by atoms with E-state index in [1.54, 1.807) is 0 Å². The smallest absolute Gasteiger partial charge is 0.251 e. The van der Waals surface area contributed by atoms with Crippen LogP contribution in [-0.2, 0) is 25.8 Å². The van der Waals surface area contributed by atoms with Gasteiger partial charge in [-0.3, -0.25) is 9.69 Å². The summed E-state index contributed by atoms with van der Waals surface area (Å²) in [5, 5.41) is 0. The second-order valence-corrected chi connectivity index (χ2v) is 9.11. The monoisotopic (exact) mass is 391 g/mol. The largest absolute Gasteiger partial charge is 0.321 e. The molecule has 0 bridgehead atoms. The molecule has 0 radical (unpaired) electrons. The fourth-order valence-electron chi connectivity index (χ4n) is 5.47. The first-order valence-electron chi connectivity index (χ1n) is 11.6. The number of nitrogens with one attached hydrogen (secondary N) is 1. The molecule has 154 valence electrons. The van der Waals surface area contributed by atoms with Crippen LogP contribution in [0.4, 0.5) is 0 Å². The van der Waals surface area contributed by atoms with Gasteiger partial charge < -0.3 is 9.88 Å². The van der Waals surface area contributed by atoms with Crippen LogP contribution in [0.15, 0.2) is 23.0 Å². The van der Waals surface area contributed by atoms with E-state index in [-0.39, 0.29) is 5.56 Å². The van der Waals surface area contributed by atoms with Gasteiger partial charge in [0.05, 0.1) is 5.69 Å². The third-order valence-corrected chi connectivity index (χ3v) is 7.15. The van der Waals surface area contributed by atoms with Crippen LogP contribution >= 0.6 is 0 Å². The van der Waals surface area contributed by atoms with Crippen molar-refractivity contribution in [3.63, 3.8) is 0 Å². The number of aromatic nitrogens is 1. The minimum Gasteiger partial charge on any atom is -0.321 e. The maximum atomic E-state index is 12.6. The number of H-pyrrole nitrogens is 1. The maximum absolute atomic E-state index is 12.6. The molecule has 2 heterocycles. The zero-order valence-electron chi connectivity index (χ0n) is 17.7. The molecule has 1 saturated heterocycles. The Hall–Kier alpha value is -1.91. The van der Waals surface area contributed by atoms with E-state index in [4.69, 9.17) is 0 Å². The topological polar surface area (TPSA) is 39.3 Å². The summed E-state index contributed by atoms with van der Waals surface area (Å²) in [6.07, 6.45) is 7.98. The van der Waals surface area contributed by atoms with Gasteiger partial charge in [-0.2, -0.15) is 0 Å². The SMILES string of the molecule is CCCCN1CCN(Cc2ccc3c(c2)Cc2c-3[nH]c(=O)c3c2CCCC3)CC1. The third kappa shape index (κ3) is 3.69. The number of rotatable bonds is 5. The summed E-state index contributed by atoms with van der Waals surface area (Å²) < 4.78 is 0. The number of pyridine rings is 1. The van der Waals surface area contributed by atoms with Gasteiger partial charge in [-0.25, -0.2) is 0 Å². The summed E-state index contributed by atoms with van der Waals surface area (Å²) in [4.78, 5) is 21.0. The maximum Gasteiger partial charge on any atom is 0.251 e. The van der Waals surface area contributed by atoms with Crippen molar-refractivity contribution < 1.29 is 0 Å². The number of piperazine rings is 1. The van der Waals surface area contributed by atoms with E-state index in [9.17, 15) is 4.79 Å². The molecular formula is C25H33N3O. The summed E-state index contributed by atoms with van der Waals surface area (Å²) in [5.74, 6) is 0. The zero-order valence-corrected chi connectivity index (χ0v) is 17.7. The van der Waals surface area contributed by atoms with E-state index in [1.807, 2.05) is 0 Å². The van der Waals surface area contributed by atoms with Crippen LogP contribution in [-0.4, -0.2) is 47.5 Å².